The maximum Gasteiger partial charge on any atom is 0.137 e. The van der Waals surface area contributed by atoms with E-state index < -0.39 is 0 Å². The lowest BCUT2D eigenvalue weighted by molar-refractivity contribution is 0.550. The van der Waals surface area contributed by atoms with Gasteiger partial charge in [-0.05, 0) is 39.0 Å². The van der Waals surface area contributed by atoms with Gasteiger partial charge in [0.1, 0.15) is 17.5 Å². The van der Waals surface area contributed by atoms with Gasteiger partial charge in [-0.3, -0.25) is 0 Å². The molecule has 0 aromatic carbocycles. The lowest BCUT2D eigenvalue weighted by atomic mass is 10.1. The van der Waals surface area contributed by atoms with Crippen LogP contribution in [0.5, 0.6) is 0 Å². The number of aromatic nitrogens is 2. The maximum atomic E-state index is 6.14. The largest absolute Gasteiger partial charge is 0.383 e. The van der Waals surface area contributed by atoms with Crippen LogP contribution in [0.15, 0.2) is 0 Å². The summed E-state index contributed by atoms with van der Waals surface area (Å²) in [6.45, 7) is 5.46. The van der Waals surface area contributed by atoms with Gasteiger partial charge in [0.25, 0.3) is 0 Å². The second-order valence-electron chi connectivity index (χ2n) is 6.29. The van der Waals surface area contributed by atoms with E-state index in [2.05, 4.69) is 23.7 Å². The molecule has 0 radical (unpaired) electrons. The van der Waals surface area contributed by atoms with Crippen molar-refractivity contribution in [3.63, 3.8) is 0 Å². The first-order valence-electron chi connectivity index (χ1n) is 8.11. The Balaban J connectivity index is 1.97. The third-order valence-electron chi connectivity index (χ3n) is 4.74. The number of anilines is 2. The summed E-state index contributed by atoms with van der Waals surface area (Å²) >= 11 is 0. The molecule has 2 aliphatic rings. The molecule has 2 heterocycles. The fraction of sp³-hybridized carbons (Fsp3) is 0.750. The van der Waals surface area contributed by atoms with Crippen molar-refractivity contribution in [1.82, 2.24) is 9.97 Å². The van der Waals surface area contributed by atoms with E-state index in [0.717, 1.165) is 23.8 Å². The minimum absolute atomic E-state index is 0.559. The van der Waals surface area contributed by atoms with E-state index in [4.69, 9.17) is 10.7 Å². The zero-order chi connectivity index (χ0) is 14.1. The van der Waals surface area contributed by atoms with Gasteiger partial charge in [0.15, 0.2) is 0 Å². The van der Waals surface area contributed by atoms with E-state index >= 15 is 0 Å². The van der Waals surface area contributed by atoms with E-state index in [1.54, 1.807) is 0 Å². The van der Waals surface area contributed by atoms with E-state index in [9.17, 15) is 0 Å². The number of nitrogens with zero attached hydrogens (tertiary/aromatic N) is 3. The summed E-state index contributed by atoms with van der Waals surface area (Å²) in [6, 6.07) is 0.609. The van der Waals surface area contributed by atoms with E-state index in [1.807, 2.05) is 0 Å². The SMILES string of the molecule is CCC1CCCCCN1c1nc(C2CC2)nc(N)c1C. The normalized spacial score (nSPS) is 23.7. The predicted molar refractivity (Wildman–Crippen MR) is 83.0 cm³/mol. The molecule has 2 fully saturated rings. The van der Waals surface area contributed by atoms with Crippen LogP contribution in [0.3, 0.4) is 0 Å². The third kappa shape index (κ3) is 2.60. The first-order valence-corrected chi connectivity index (χ1v) is 8.11. The molecule has 0 amide bonds. The average molecular weight is 274 g/mol. The number of nitrogen functional groups attached to an aromatic ring is 1. The Kier molecular flexibility index (Phi) is 3.81. The van der Waals surface area contributed by atoms with Crippen LogP contribution < -0.4 is 10.6 Å². The van der Waals surface area contributed by atoms with Crippen molar-refractivity contribution >= 4 is 11.6 Å². The highest BCUT2D eigenvalue weighted by molar-refractivity contribution is 5.57. The molecule has 4 heteroatoms. The van der Waals surface area contributed by atoms with Gasteiger partial charge in [-0.15, -0.1) is 0 Å². The first kappa shape index (κ1) is 13.7. The van der Waals surface area contributed by atoms with Crippen LogP contribution in [0.2, 0.25) is 0 Å². The van der Waals surface area contributed by atoms with Crippen molar-refractivity contribution in [2.75, 3.05) is 17.2 Å². The van der Waals surface area contributed by atoms with Crippen LogP contribution in [-0.2, 0) is 0 Å². The number of hydrogen-bond acceptors (Lipinski definition) is 4. The van der Waals surface area contributed by atoms with Crippen molar-refractivity contribution in [3.05, 3.63) is 11.4 Å². The topological polar surface area (TPSA) is 55.0 Å². The monoisotopic (exact) mass is 274 g/mol. The summed E-state index contributed by atoms with van der Waals surface area (Å²) in [5, 5.41) is 0. The molecule has 1 aliphatic carbocycles. The van der Waals surface area contributed by atoms with Gasteiger partial charge < -0.3 is 10.6 Å². The first-order chi connectivity index (χ1) is 9.70. The summed E-state index contributed by atoms with van der Waals surface area (Å²) in [7, 11) is 0. The number of hydrogen-bond donors (Lipinski definition) is 1. The molecular formula is C16H26N4. The van der Waals surface area contributed by atoms with Gasteiger partial charge in [-0.1, -0.05) is 19.8 Å². The molecule has 4 nitrogen and oxygen atoms in total. The van der Waals surface area contributed by atoms with Crippen LogP contribution in [0.4, 0.5) is 11.6 Å². The molecule has 1 saturated heterocycles. The molecule has 1 saturated carbocycles. The van der Waals surface area contributed by atoms with Crippen molar-refractivity contribution in [2.45, 2.75) is 70.8 Å². The molecule has 3 rings (SSSR count). The second-order valence-corrected chi connectivity index (χ2v) is 6.29. The van der Waals surface area contributed by atoms with Gasteiger partial charge in [0, 0.05) is 24.1 Å². The van der Waals surface area contributed by atoms with Gasteiger partial charge in [-0.25, -0.2) is 9.97 Å². The molecular weight excluding hydrogens is 248 g/mol. The van der Waals surface area contributed by atoms with Crippen molar-refractivity contribution in [3.8, 4) is 0 Å². The maximum absolute atomic E-state index is 6.14. The molecule has 0 bridgehead atoms. The van der Waals surface area contributed by atoms with E-state index in [0.29, 0.717) is 17.8 Å². The minimum Gasteiger partial charge on any atom is -0.383 e. The Hall–Kier alpha value is -1.32. The summed E-state index contributed by atoms with van der Waals surface area (Å²) in [5.74, 6) is 3.31. The summed E-state index contributed by atoms with van der Waals surface area (Å²) in [4.78, 5) is 11.9. The molecule has 1 aromatic rings. The van der Waals surface area contributed by atoms with Crippen LogP contribution in [0.25, 0.3) is 0 Å². The summed E-state index contributed by atoms with van der Waals surface area (Å²) in [6.07, 6.45) is 8.84. The summed E-state index contributed by atoms with van der Waals surface area (Å²) in [5.41, 5.74) is 7.21. The number of nitrogens with two attached hydrogens (primary N) is 1. The highest BCUT2D eigenvalue weighted by Gasteiger charge is 2.30. The Bertz CT molecular complexity index is 482. The lowest BCUT2D eigenvalue weighted by Gasteiger charge is -2.32. The van der Waals surface area contributed by atoms with Crippen LogP contribution in [0.1, 0.15) is 69.2 Å². The average Bonchev–Trinajstić information content (AvgIpc) is 3.27. The molecule has 20 heavy (non-hydrogen) atoms. The molecule has 1 unspecified atom stereocenters. The van der Waals surface area contributed by atoms with E-state index in [1.165, 1.54) is 44.9 Å². The molecule has 0 spiro atoms. The van der Waals surface area contributed by atoms with Crippen molar-refractivity contribution in [2.24, 2.45) is 0 Å². The van der Waals surface area contributed by atoms with Crippen molar-refractivity contribution < 1.29 is 0 Å². The standard InChI is InChI=1S/C16H26N4/c1-3-13-7-5-4-6-10-20(13)16-11(2)14(17)18-15(19-16)12-8-9-12/h12-13H,3-10H2,1-2H3,(H2,17,18,19). The summed E-state index contributed by atoms with van der Waals surface area (Å²) < 4.78 is 0. The molecule has 2 N–H and O–H groups in total. The third-order valence-corrected chi connectivity index (χ3v) is 4.74. The van der Waals surface area contributed by atoms with Gasteiger partial charge in [0.05, 0.1) is 0 Å². The van der Waals surface area contributed by atoms with Crippen LogP contribution in [0, 0.1) is 6.92 Å². The number of rotatable bonds is 3. The Morgan fingerprint density at radius 3 is 2.65 bits per heavy atom. The van der Waals surface area contributed by atoms with Gasteiger partial charge in [-0.2, -0.15) is 0 Å². The Morgan fingerprint density at radius 2 is 1.95 bits per heavy atom. The highest BCUT2D eigenvalue weighted by atomic mass is 15.2. The Morgan fingerprint density at radius 1 is 1.15 bits per heavy atom. The smallest absolute Gasteiger partial charge is 0.137 e. The molecule has 1 aliphatic heterocycles. The van der Waals surface area contributed by atoms with E-state index in [-0.39, 0.29) is 0 Å². The molecule has 1 aromatic heterocycles. The van der Waals surface area contributed by atoms with Crippen LogP contribution in [-0.4, -0.2) is 22.6 Å². The van der Waals surface area contributed by atoms with Gasteiger partial charge >= 0.3 is 0 Å². The second kappa shape index (κ2) is 5.58. The fourth-order valence-corrected chi connectivity index (χ4v) is 3.22. The Labute approximate surface area is 121 Å². The molecule has 1 atom stereocenters. The zero-order valence-electron chi connectivity index (χ0n) is 12.7. The van der Waals surface area contributed by atoms with Gasteiger partial charge in [0.2, 0.25) is 0 Å². The minimum atomic E-state index is 0.559. The highest BCUT2D eigenvalue weighted by Crippen LogP contribution is 2.40. The predicted octanol–water partition coefficient (Wildman–Crippen LogP) is 3.40. The zero-order valence-corrected chi connectivity index (χ0v) is 12.7. The quantitative estimate of drug-likeness (QED) is 0.917. The van der Waals surface area contributed by atoms with Crippen molar-refractivity contribution in [1.29, 1.82) is 0 Å². The van der Waals surface area contributed by atoms with Crippen LogP contribution >= 0.6 is 0 Å². The fourth-order valence-electron chi connectivity index (χ4n) is 3.22. The lowest BCUT2D eigenvalue weighted by Crippen LogP contribution is -2.36. The molecule has 110 valence electrons.